The number of aliphatic hydroxyl groups excluding tert-OH is 1. The molecule has 52 valence electrons. The maximum atomic E-state index is 9.00. The number of amides is 2. The molecule has 0 aromatic heterocycles. The Kier molecular flexibility index (Phi) is 11.7. The van der Waals surface area contributed by atoms with E-state index >= 15 is 0 Å². The predicted molar refractivity (Wildman–Crippen MR) is 32.3 cm³/mol. The molecule has 0 fully saturated rings. The fourth-order valence-corrected chi connectivity index (χ4v) is 0.0500. The summed E-state index contributed by atoms with van der Waals surface area (Å²) in [7, 11) is 0. The topological polar surface area (TPSA) is 93.7 Å². The molecule has 0 heterocycles. The Bertz CT molecular complexity index is 103. The van der Waals surface area contributed by atoms with Gasteiger partial charge in [-0.25, -0.2) is 11.4 Å². The van der Waals surface area contributed by atoms with E-state index in [1.807, 2.05) is 0 Å². The van der Waals surface area contributed by atoms with Crippen molar-refractivity contribution in [1.82, 2.24) is 0 Å². The van der Waals surface area contributed by atoms with Gasteiger partial charge in [0.25, 0.3) is 0 Å². The number of hydrogen-bond donors (Lipinski definition) is 3. The van der Waals surface area contributed by atoms with Gasteiger partial charge in [-0.15, -0.1) is 0 Å². The van der Waals surface area contributed by atoms with Crippen LogP contribution in [0.4, 0.5) is 4.79 Å². The second kappa shape index (κ2) is 9.87. The van der Waals surface area contributed by atoms with Crippen LogP contribution in [-0.4, -0.2) is 24.3 Å². The highest BCUT2D eigenvalue weighted by Crippen LogP contribution is 1.57. The van der Waals surface area contributed by atoms with Gasteiger partial charge in [0.1, 0.15) is 6.61 Å². The van der Waals surface area contributed by atoms with Crippen molar-refractivity contribution in [3.63, 3.8) is 0 Å². The van der Waals surface area contributed by atoms with Crippen molar-refractivity contribution < 1.29 is 9.90 Å². The molecule has 0 radical (unpaired) electrons. The molecule has 0 aromatic rings. The van der Waals surface area contributed by atoms with E-state index in [9.17, 15) is 0 Å². The largest absolute Gasteiger partial charge is 0.389 e. The summed E-state index contributed by atoms with van der Waals surface area (Å²) < 4.78 is 0. The molecule has 0 aliphatic carbocycles. The summed E-state index contributed by atoms with van der Waals surface area (Å²) in [6.07, 6.45) is 0. The smallest absolute Gasteiger partial charge is 0.309 e. The van der Waals surface area contributed by atoms with Gasteiger partial charge in [-0.3, -0.25) is 0 Å². The van der Waals surface area contributed by atoms with Crippen LogP contribution in [0.15, 0.2) is 0 Å². The van der Waals surface area contributed by atoms with E-state index in [1.54, 1.807) is 0 Å². The van der Waals surface area contributed by atoms with Gasteiger partial charge >= 0.3 is 6.03 Å². The number of hydrogen-bond acceptors (Lipinski definition) is 2. The summed E-state index contributed by atoms with van der Waals surface area (Å²) in [4.78, 5) is 11.9. The molecule has 2 amide bonds. The van der Waals surface area contributed by atoms with Crippen molar-refractivity contribution in [3.8, 4) is 0 Å². The second-order valence-corrected chi connectivity index (χ2v) is 1.01. The highest BCUT2D eigenvalue weighted by molar-refractivity contribution is 5.69. The minimum Gasteiger partial charge on any atom is -0.389 e. The molecule has 0 rings (SSSR count). The van der Waals surface area contributed by atoms with Crippen LogP contribution in [0.3, 0.4) is 0 Å². The van der Waals surface area contributed by atoms with Crippen molar-refractivity contribution in [2.75, 3.05) is 13.2 Å². The van der Waals surface area contributed by atoms with E-state index in [4.69, 9.17) is 16.5 Å². The number of aliphatic hydroxyl groups is 1. The zero-order valence-corrected chi connectivity index (χ0v) is 4.87. The lowest BCUT2D eigenvalue weighted by molar-refractivity contribution is 0.256. The Morgan fingerprint density at radius 2 is 2.00 bits per heavy atom. The van der Waals surface area contributed by atoms with Crippen molar-refractivity contribution >= 4 is 6.03 Å². The van der Waals surface area contributed by atoms with Gasteiger partial charge in [0.2, 0.25) is 6.54 Å². The molecule has 0 unspecified atom stereocenters. The third kappa shape index (κ3) is 289. The number of nitrogens with two attached hydrogens (primary N) is 2. The first-order valence-electron chi connectivity index (χ1n) is 2.14. The van der Waals surface area contributed by atoms with E-state index in [0.29, 0.717) is 0 Å². The molecule has 9 heavy (non-hydrogen) atoms. The van der Waals surface area contributed by atoms with E-state index in [2.05, 4.69) is 16.3 Å². The minimum atomic E-state index is -0.833. The van der Waals surface area contributed by atoms with Crippen molar-refractivity contribution in [2.24, 2.45) is 11.5 Å². The van der Waals surface area contributed by atoms with Crippen molar-refractivity contribution in [2.45, 2.75) is 0 Å². The molecular weight excluding hydrogens is 122 g/mol. The Morgan fingerprint density at radius 3 is 2.00 bits per heavy atom. The van der Waals surface area contributed by atoms with Crippen molar-refractivity contribution in [1.29, 1.82) is 0 Å². The molecule has 0 aliphatic heterocycles. The molecule has 0 aliphatic rings. The van der Waals surface area contributed by atoms with Crippen molar-refractivity contribution in [3.05, 3.63) is 11.4 Å². The lowest BCUT2D eigenvalue weighted by atomic mass is 10.7. The number of carbonyl (C=O) groups excluding carboxylic acids is 1. The number of urea groups is 1. The van der Waals surface area contributed by atoms with Gasteiger partial charge in [-0.05, 0) is 0 Å². The van der Waals surface area contributed by atoms with Gasteiger partial charge in [-0.2, -0.15) is 0 Å². The zero-order valence-electron chi connectivity index (χ0n) is 4.87. The Morgan fingerprint density at radius 1 is 1.67 bits per heavy atom. The summed E-state index contributed by atoms with van der Waals surface area (Å²) in [5.74, 6) is 0. The van der Waals surface area contributed by atoms with Crippen LogP contribution in [-0.2, 0) is 0 Å². The van der Waals surface area contributed by atoms with Crippen LogP contribution in [0, 0.1) is 6.57 Å². The van der Waals surface area contributed by atoms with Crippen LogP contribution in [0.5, 0.6) is 0 Å². The molecule has 0 aromatic carbocycles. The van der Waals surface area contributed by atoms with E-state index in [0.717, 1.165) is 0 Å². The standard InChI is InChI=1S/C3H5NO.CH4N2O/c1-4-2-3-5;2-1(3)4/h5H,2-3H2;(H4,2,3,4). The van der Waals surface area contributed by atoms with Crippen LogP contribution < -0.4 is 11.5 Å². The third-order valence-corrected chi connectivity index (χ3v) is 0.212. The van der Waals surface area contributed by atoms with E-state index in [-0.39, 0.29) is 13.2 Å². The first kappa shape index (κ1) is 10.7. The average Bonchev–Trinajstić information content (AvgIpc) is 1.66. The summed E-state index contributed by atoms with van der Waals surface area (Å²) >= 11 is 0. The summed E-state index contributed by atoms with van der Waals surface area (Å²) in [6.45, 7) is 6.29. The van der Waals surface area contributed by atoms with Crippen LogP contribution in [0.1, 0.15) is 0 Å². The van der Waals surface area contributed by atoms with Gasteiger partial charge in [0, 0.05) is 0 Å². The highest BCUT2D eigenvalue weighted by Gasteiger charge is 1.69. The molecule has 0 spiro atoms. The first-order chi connectivity index (χ1) is 4.15. The molecule has 0 saturated carbocycles. The van der Waals surface area contributed by atoms with Crippen LogP contribution >= 0.6 is 0 Å². The first-order valence-corrected chi connectivity index (χ1v) is 2.14. The number of carbonyl (C=O) groups is 1. The van der Waals surface area contributed by atoms with Crippen LogP contribution in [0.25, 0.3) is 4.85 Å². The molecule has 0 bridgehead atoms. The number of rotatable bonds is 1. The predicted octanol–water partition coefficient (Wildman–Crippen LogP) is -1.08. The highest BCUT2D eigenvalue weighted by atomic mass is 16.3. The second-order valence-electron chi connectivity index (χ2n) is 1.01. The normalized spacial score (nSPS) is 6.22. The SMILES string of the molecule is NC(N)=O.[C-]#[N+]CCO. The fraction of sp³-hybridized carbons (Fsp3) is 0.500. The molecule has 5 heteroatoms. The average molecular weight is 131 g/mol. The molecule has 5 N–H and O–H groups in total. The van der Waals surface area contributed by atoms with E-state index in [1.165, 1.54) is 0 Å². The number of nitrogens with zero attached hydrogens (tertiary/aromatic N) is 1. The Labute approximate surface area is 53.1 Å². The lowest BCUT2D eigenvalue weighted by Gasteiger charge is -1.66. The summed E-state index contributed by atoms with van der Waals surface area (Å²) in [6, 6.07) is -0.833. The molecule has 0 saturated heterocycles. The van der Waals surface area contributed by atoms with Gasteiger partial charge in [0.05, 0.1) is 0 Å². The quantitative estimate of drug-likeness (QED) is 0.395. The monoisotopic (exact) mass is 131 g/mol. The minimum absolute atomic E-state index is 0.0104. The Hall–Kier alpha value is -1.28. The fourth-order valence-electron chi connectivity index (χ4n) is 0.0500. The zero-order chi connectivity index (χ0) is 7.70. The molecule has 5 nitrogen and oxygen atoms in total. The molecular formula is C4H9N3O2. The molecule has 0 atom stereocenters. The summed E-state index contributed by atoms with van der Waals surface area (Å²) in [5.41, 5.74) is 8.50. The van der Waals surface area contributed by atoms with Gasteiger partial charge in [0.15, 0.2) is 0 Å². The maximum absolute atomic E-state index is 9.00. The van der Waals surface area contributed by atoms with E-state index < -0.39 is 6.03 Å². The van der Waals surface area contributed by atoms with Gasteiger partial charge in [-0.1, -0.05) is 0 Å². The Balaban J connectivity index is 0. The summed E-state index contributed by atoms with van der Waals surface area (Å²) in [5, 5.41) is 7.85. The van der Waals surface area contributed by atoms with Crippen LogP contribution in [0.2, 0.25) is 0 Å². The maximum Gasteiger partial charge on any atom is 0.309 e. The lowest BCUT2D eigenvalue weighted by Crippen LogP contribution is -2.18. The number of primary amides is 2. The third-order valence-electron chi connectivity index (χ3n) is 0.212. The van der Waals surface area contributed by atoms with Gasteiger partial charge < -0.3 is 21.4 Å².